The molecule has 1 fully saturated rings. The maximum Gasteiger partial charge on any atom is 0.245 e. The first-order valence-electron chi connectivity index (χ1n) is 7.55. The highest BCUT2D eigenvalue weighted by Gasteiger charge is 2.31. The molecule has 0 spiro atoms. The Morgan fingerprint density at radius 2 is 2.13 bits per heavy atom. The van der Waals surface area contributed by atoms with Crippen LogP contribution in [-0.4, -0.2) is 43.9 Å². The van der Waals surface area contributed by atoms with E-state index in [1.165, 1.54) is 0 Å². The predicted octanol–water partition coefficient (Wildman–Crippen LogP) is 2.34. The topological polar surface area (TPSA) is 62.3 Å². The number of halogens is 1. The molecule has 0 bridgehead atoms. The van der Waals surface area contributed by atoms with E-state index >= 15 is 0 Å². The molecule has 1 saturated heterocycles. The monoisotopic (exact) mass is 355 g/mol. The van der Waals surface area contributed by atoms with Crippen molar-refractivity contribution in [3.05, 3.63) is 36.0 Å². The molecule has 1 aromatic heterocycles. The zero-order valence-electron chi connectivity index (χ0n) is 13.3. The molecular weight excluding hydrogens is 334 g/mol. The summed E-state index contributed by atoms with van der Waals surface area (Å²) in [5.41, 5.74) is 1.58. The molecule has 5 nitrogen and oxygen atoms in total. The van der Waals surface area contributed by atoms with Gasteiger partial charge >= 0.3 is 0 Å². The van der Waals surface area contributed by atoms with Gasteiger partial charge in [-0.3, -0.25) is 4.98 Å². The molecule has 2 heterocycles. The van der Waals surface area contributed by atoms with Crippen LogP contribution in [0.3, 0.4) is 0 Å². The maximum absolute atomic E-state index is 13.0. The quantitative estimate of drug-likeness (QED) is 0.918. The van der Waals surface area contributed by atoms with Crippen LogP contribution in [0.4, 0.5) is 0 Å². The van der Waals surface area contributed by atoms with E-state index in [1.54, 1.807) is 22.6 Å². The fourth-order valence-electron chi connectivity index (χ4n) is 2.99. The maximum atomic E-state index is 13.0. The number of hydrogen-bond acceptors (Lipinski definition) is 4. The van der Waals surface area contributed by atoms with E-state index in [2.05, 4.69) is 10.3 Å². The molecule has 1 aliphatic rings. The van der Waals surface area contributed by atoms with Gasteiger partial charge in [0.05, 0.1) is 5.52 Å². The number of hydrogen-bond donors (Lipinski definition) is 1. The van der Waals surface area contributed by atoms with Gasteiger partial charge < -0.3 is 5.32 Å². The molecule has 1 aromatic carbocycles. The van der Waals surface area contributed by atoms with E-state index in [0.717, 1.165) is 23.8 Å². The number of piperidine rings is 1. The number of likely N-dealkylation sites (N-methyl/N-ethyl adjacent to an activating group) is 1. The number of para-hydroxylation sites is 1. The van der Waals surface area contributed by atoms with Gasteiger partial charge in [0.15, 0.2) is 0 Å². The zero-order valence-corrected chi connectivity index (χ0v) is 15.0. The van der Waals surface area contributed by atoms with Gasteiger partial charge in [0.25, 0.3) is 0 Å². The van der Waals surface area contributed by atoms with Crippen LogP contribution in [-0.2, 0) is 10.0 Å². The van der Waals surface area contributed by atoms with Crippen molar-refractivity contribution in [1.29, 1.82) is 0 Å². The van der Waals surface area contributed by atoms with Crippen LogP contribution in [0, 0.1) is 6.92 Å². The lowest BCUT2D eigenvalue weighted by Crippen LogP contribution is -2.46. The lowest BCUT2D eigenvalue weighted by atomic mass is 10.1. The Hall–Kier alpha value is -1.21. The largest absolute Gasteiger partial charge is 0.316 e. The van der Waals surface area contributed by atoms with Crippen molar-refractivity contribution in [1.82, 2.24) is 14.6 Å². The summed E-state index contributed by atoms with van der Waals surface area (Å²) in [6.45, 7) is 3.04. The molecule has 1 atom stereocenters. The summed E-state index contributed by atoms with van der Waals surface area (Å²) >= 11 is 0. The van der Waals surface area contributed by atoms with Crippen LogP contribution in [0.5, 0.6) is 0 Å². The molecule has 0 saturated carbocycles. The molecule has 3 rings (SSSR count). The van der Waals surface area contributed by atoms with Gasteiger partial charge in [-0.1, -0.05) is 12.1 Å². The Balaban J connectivity index is 0.00000192. The van der Waals surface area contributed by atoms with Crippen LogP contribution in [0.1, 0.15) is 18.4 Å². The lowest BCUT2D eigenvalue weighted by Gasteiger charge is -2.31. The first-order chi connectivity index (χ1) is 10.5. The normalized spacial score (nSPS) is 19.5. The average molecular weight is 356 g/mol. The molecule has 2 aromatic rings. The second-order valence-corrected chi connectivity index (χ2v) is 7.74. The number of nitrogens with zero attached hydrogens (tertiary/aromatic N) is 2. The molecule has 0 amide bonds. The third-order valence-corrected chi connectivity index (χ3v) is 6.12. The van der Waals surface area contributed by atoms with Gasteiger partial charge in [-0.2, -0.15) is 4.31 Å². The van der Waals surface area contributed by atoms with Crippen molar-refractivity contribution in [3.63, 3.8) is 0 Å². The van der Waals surface area contributed by atoms with Crippen molar-refractivity contribution in [3.8, 4) is 0 Å². The third-order valence-electron chi connectivity index (χ3n) is 4.22. The highest BCUT2D eigenvalue weighted by Crippen LogP contribution is 2.26. The molecule has 0 aliphatic carbocycles. The Bertz CT molecular complexity index is 795. The third kappa shape index (κ3) is 3.50. The number of sulfonamides is 1. The summed E-state index contributed by atoms with van der Waals surface area (Å²) in [5.74, 6) is 0. The number of fused-ring (bicyclic) bond motifs is 1. The highest BCUT2D eigenvalue weighted by molar-refractivity contribution is 7.89. The first-order valence-corrected chi connectivity index (χ1v) is 8.99. The van der Waals surface area contributed by atoms with Gasteiger partial charge in [-0.25, -0.2) is 8.42 Å². The molecule has 7 heteroatoms. The van der Waals surface area contributed by atoms with Crippen molar-refractivity contribution in [2.45, 2.75) is 30.7 Å². The van der Waals surface area contributed by atoms with E-state index in [1.807, 2.05) is 26.1 Å². The highest BCUT2D eigenvalue weighted by atomic mass is 35.5. The van der Waals surface area contributed by atoms with Crippen LogP contribution >= 0.6 is 12.4 Å². The standard InChI is InChI=1S/C16H21N3O2S.ClH/c1-12-9-13-5-3-7-15(16(13)18-10-12)22(20,21)19-8-4-6-14(11-19)17-2;/h3,5,7,9-10,14,17H,4,6,8,11H2,1-2H3;1H. The fraction of sp³-hybridized carbons (Fsp3) is 0.438. The fourth-order valence-corrected chi connectivity index (χ4v) is 4.68. The molecule has 126 valence electrons. The SMILES string of the molecule is CNC1CCCN(S(=O)(=O)c2cccc3cc(C)cnc23)C1.Cl. The van der Waals surface area contributed by atoms with Crippen LogP contribution in [0.25, 0.3) is 10.9 Å². The summed E-state index contributed by atoms with van der Waals surface area (Å²) in [4.78, 5) is 4.67. The minimum atomic E-state index is -3.51. The summed E-state index contributed by atoms with van der Waals surface area (Å²) in [7, 11) is -1.64. The van der Waals surface area contributed by atoms with Crippen molar-refractivity contribution in [2.24, 2.45) is 0 Å². The smallest absolute Gasteiger partial charge is 0.245 e. The first kappa shape index (κ1) is 18.1. The van der Waals surface area contributed by atoms with Crippen LogP contribution in [0.15, 0.2) is 35.4 Å². The lowest BCUT2D eigenvalue weighted by molar-refractivity contribution is 0.293. The van der Waals surface area contributed by atoms with Crippen molar-refractivity contribution in [2.75, 3.05) is 20.1 Å². The second-order valence-electron chi connectivity index (χ2n) is 5.83. The Labute approximate surface area is 143 Å². The molecule has 1 aliphatic heterocycles. The van der Waals surface area contributed by atoms with E-state index in [-0.39, 0.29) is 18.4 Å². The molecule has 1 unspecified atom stereocenters. The van der Waals surface area contributed by atoms with Crippen molar-refractivity contribution < 1.29 is 8.42 Å². The van der Waals surface area contributed by atoms with Gasteiger partial charge in [0.2, 0.25) is 10.0 Å². The van der Waals surface area contributed by atoms with Crippen molar-refractivity contribution >= 4 is 33.3 Å². The van der Waals surface area contributed by atoms with Gasteiger partial charge in [0.1, 0.15) is 4.90 Å². The van der Waals surface area contributed by atoms with Gasteiger partial charge in [-0.05, 0) is 44.5 Å². The van der Waals surface area contributed by atoms with E-state index in [4.69, 9.17) is 0 Å². The molecule has 23 heavy (non-hydrogen) atoms. The minimum Gasteiger partial charge on any atom is -0.316 e. The molecular formula is C16H22ClN3O2S. The predicted molar refractivity (Wildman–Crippen MR) is 94.6 cm³/mol. The summed E-state index contributed by atoms with van der Waals surface area (Å²) in [6, 6.07) is 7.53. The van der Waals surface area contributed by atoms with E-state index in [9.17, 15) is 8.42 Å². The minimum absolute atomic E-state index is 0. The van der Waals surface area contributed by atoms with Gasteiger partial charge in [0, 0.05) is 30.7 Å². The van der Waals surface area contributed by atoms with E-state index in [0.29, 0.717) is 23.5 Å². The van der Waals surface area contributed by atoms with E-state index < -0.39 is 10.0 Å². The summed E-state index contributed by atoms with van der Waals surface area (Å²) < 4.78 is 27.6. The number of pyridine rings is 1. The Kier molecular flexibility index (Phi) is 5.62. The average Bonchev–Trinajstić information content (AvgIpc) is 2.54. The number of nitrogens with one attached hydrogen (secondary N) is 1. The van der Waals surface area contributed by atoms with Crippen LogP contribution < -0.4 is 5.32 Å². The Morgan fingerprint density at radius 1 is 1.35 bits per heavy atom. The summed E-state index contributed by atoms with van der Waals surface area (Å²) in [6.07, 6.45) is 3.60. The number of aryl methyl sites for hydroxylation is 1. The molecule has 0 radical (unpaired) electrons. The Morgan fingerprint density at radius 3 is 2.87 bits per heavy atom. The number of aromatic nitrogens is 1. The summed E-state index contributed by atoms with van der Waals surface area (Å²) in [5, 5.41) is 4.04. The zero-order chi connectivity index (χ0) is 15.7. The second kappa shape index (κ2) is 7.13. The number of rotatable bonds is 3. The number of benzene rings is 1. The van der Waals surface area contributed by atoms with Crippen LogP contribution in [0.2, 0.25) is 0 Å². The molecule has 1 N–H and O–H groups in total. The van der Waals surface area contributed by atoms with Gasteiger partial charge in [-0.15, -0.1) is 12.4 Å².